The van der Waals surface area contributed by atoms with Gasteiger partial charge in [0.05, 0.1) is 31.0 Å². The van der Waals surface area contributed by atoms with Crippen LogP contribution in [0.2, 0.25) is 0 Å². The molecule has 2 aromatic heterocycles. The fourth-order valence-electron chi connectivity index (χ4n) is 4.30. The van der Waals surface area contributed by atoms with Crippen LogP contribution in [0.4, 0.5) is 5.69 Å². The normalized spacial score (nSPS) is 21.6. The Bertz CT molecular complexity index is 928. The fourth-order valence-corrected chi connectivity index (χ4v) is 4.30. The maximum absolute atomic E-state index is 13.2. The molecule has 0 aromatic carbocycles. The lowest BCUT2D eigenvalue weighted by atomic mass is 9.93. The Morgan fingerprint density at radius 2 is 2.18 bits per heavy atom. The Labute approximate surface area is 163 Å². The van der Waals surface area contributed by atoms with Crippen molar-refractivity contribution in [3.63, 3.8) is 0 Å². The average molecular weight is 381 g/mol. The summed E-state index contributed by atoms with van der Waals surface area (Å²) in [5, 5.41) is 13.6. The smallest absolute Gasteiger partial charge is 0.233 e. The number of amides is 1. The largest absolute Gasteiger partial charge is 0.480 e. The minimum Gasteiger partial charge on any atom is -0.480 e. The Kier molecular flexibility index (Phi) is 4.67. The molecule has 2 aromatic rings. The third-order valence-electron chi connectivity index (χ3n) is 5.84. The van der Waals surface area contributed by atoms with Crippen LogP contribution in [0.15, 0.2) is 16.8 Å². The number of ether oxygens (including phenoxy) is 1. The SMILES string of the molecule is COc1nccc(N2C[C@@H]3CC[C@H](C2)N(Cc2c(C)noc2C)C3=O)c1C#N. The Morgan fingerprint density at radius 3 is 2.86 bits per heavy atom. The van der Waals surface area contributed by atoms with Gasteiger partial charge in [0.1, 0.15) is 17.4 Å². The second-order valence-electron chi connectivity index (χ2n) is 7.43. The third kappa shape index (κ3) is 2.97. The first-order chi connectivity index (χ1) is 13.5. The average Bonchev–Trinajstić information content (AvgIpc) is 2.88. The number of rotatable bonds is 4. The van der Waals surface area contributed by atoms with E-state index in [1.54, 1.807) is 6.20 Å². The number of piperidine rings is 1. The molecular weight excluding hydrogens is 358 g/mol. The first kappa shape index (κ1) is 18.3. The molecule has 0 N–H and O–H groups in total. The third-order valence-corrected chi connectivity index (χ3v) is 5.84. The van der Waals surface area contributed by atoms with Crippen LogP contribution in [-0.4, -0.2) is 47.2 Å². The lowest BCUT2D eigenvalue weighted by molar-refractivity contribution is -0.140. The van der Waals surface area contributed by atoms with Crippen molar-refractivity contribution in [1.82, 2.24) is 15.0 Å². The molecule has 1 amide bonds. The zero-order valence-corrected chi connectivity index (χ0v) is 16.3. The Hall–Kier alpha value is -3.08. The highest BCUT2D eigenvalue weighted by Crippen LogP contribution is 2.35. The van der Waals surface area contributed by atoms with E-state index in [1.165, 1.54) is 7.11 Å². The second kappa shape index (κ2) is 7.15. The van der Waals surface area contributed by atoms with E-state index in [1.807, 2.05) is 24.8 Å². The molecule has 8 nitrogen and oxygen atoms in total. The van der Waals surface area contributed by atoms with Crippen molar-refractivity contribution in [2.75, 3.05) is 25.1 Å². The molecule has 3 fully saturated rings. The van der Waals surface area contributed by atoms with Crippen LogP contribution < -0.4 is 9.64 Å². The maximum Gasteiger partial charge on any atom is 0.233 e. The predicted octanol–water partition coefficient (Wildman–Crippen LogP) is 2.19. The summed E-state index contributed by atoms with van der Waals surface area (Å²) in [7, 11) is 1.51. The molecule has 3 saturated heterocycles. The number of fused-ring (bicyclic) bond motifs is 4. The number of anilines is 1. The summed E-state index contributed by atoms with van der Waals surface area (Å²) in [5.41, 5.74) is 3.00. The molecule has 0 saturated carbocycles. The highest BCUT2D eigenvalue weighted by Gasteiger charge is 2.41. The fraction of sp³-hybridized carbons (Fsp3) is 0.500. The number of methoxy groups -OCH3 is 1. The van der Waals surface area contributed by atoms with Crippen LogP contribution in [0.25, 0.3) is 0 Å². The van der Waals surface area contributed by atoms with Gasteiger partial charge in [-0.3, -0.25) is 4.79 Å². The summed E-state index contributed by atoms with van der Waals surface area (Å²) < 4.78 is 10.5. The maximum atomic E-state index is 13.2. The number of pyridine rings is 1. The summed E-state index contributed by atoms with van der Waals surface area (Å²) in [6.07, 6.45) is 3.45. The lowest BCUT2D eigenvalue weighted by Gasteiger charge is -2.36. The zero-order valence-electron chi connectivity index (χ0n) is 16.3. The molecule has 3 aliphatic rings. The molecule has 0 radical (unpaired) electrons. The minimum atomic E-state index is -0.0927. The first-order valence-electron chi connectivity index (χ1n) is 9.43. The van der Waals surface area contributed by atoms with Crippen molar-refractivity contribution in [3.05, 3.63) is 34.8 Å². The molecule has 2 atom stereocenters. The first-order valence-corrected chi connectivity index (χ1v) is 9.43. The highest BCUT2D eigenvalue weighted by molar-refractivity contribution is 5.82. The van der Waals surface area contributed by atoms with E-state index in [-0.39, 0.29) is 17.9 Å². The molecule has 3 aliphatic heterocycles. The van der Waals surface area contributed by atoms with E-state index in [0.29, 0.717) is 31.1 Å². The molecule has 28 heavy (non-hydrogen) atoms. The van der Waals surface area contributed by atoms with Gasteiger partial charge in [-0.1, -0.05) is 5.16 Å². The molecule has 5 rings (SSSR count). The van der Waals surface area contributed by atoms with Gasteiger partial charge < -0.3 is 19.1 Å². The number of carbonyl (C=O) groups excluding carboxylic acids is 1. The standard InChI is InChI=1S/C20H23N5O3/c1-12-17(13(2)28-23-12)11-25-15-5-4-14(20(25)26)9-24(10-15)18-6-7-22-19(27-3)16(18)8-21/h6-7,14-15H,4-5,9-11H2,1-3H3/t14-,15+/m0/s1. The Balaban J connectivity index is 1.65. The van der Waals surface area contributed by atoms with Gasteiger partial charge in [0.2, 0.25) is 11.8 Å². The van der Waals surface area contributed by atoms with Crippen molar-refractivity contribution in [3.8, 4) is 11.9 Å². The van der Waals surface area contributed by atoms with Crippen LogP contribution in [0.1, 0.15) is 35.4 Å². The van der Waals surface area contributed by atoms with Gasteiger partial charge in [0.15, 0.2) is 0 Å². The summed E-state index contributed by atoms with van der Waals surface area (Å²) in [6, 6.07) is 4.11. The van der Waals surface area contributed by atoms with E-state index in [0.717, 1.165) is 35.5 Å². The number of nitriles is 1. The molecular formula is C20H23N5O3. The number of nitrogens with zero attached hydrogens (tertiary/aromatic N) is 5. The van der Waals surface area contributed by atoms with E-state index >= 15 is 0 Å². The molecule has 2 bridgehead atoms. The van der Waals surface area contributed by atoms with E-state index in [9.17, 15) is 10.1 Å². The van der Waals surface area contributed by atoms with E-state index < -0.39 is 0 Å². The topological polar surface area (TPSA) is 95.5 Å². The lowest BCUT2D eigenvalue weighted by Crippen LogP contribution is -2.47. The summed E-state index contributed by atoms with van der Waals surface area (Å²) in [6.45, 7) is 5.56. The molecule has 0 unspecified atom stereocenters. The van der Waals surface area contributed by atoms with Crippen LogP contribution in [-0.2, 0) is 11.3 Å². The van der Waals surface area contributed by atoms with Crippen LogP contribution in [0.3, 0.4) is 0 Å². The number of hydrogen-bond acceptors (Lipinski definition) is 7. The molecule has 5 heterocycles. The number of aromatic nitrogens is 2. The van der Waals surface area contributed by atoms with Crippen molar-refractivity contribution in [2.24, 2.45) is 5.92 Å². The molecule has 0 spiro atoms. The summed E-state index contributed by atoms with van der Waals surface area (Å²) in [4.78, 5) is 21.4. The molecule has 0 aliphatic carbocycles. The van der Waals surface area contributed by atoms with E-state index in [4.69, 9.17) is 9.26 Å². The van der Waals surface area contributed by atoms with Gasteiger partial charge in [0.25, 0.3) is 0 Å². The Morgan fingerprint density at radius 1 is 1.36 bits per heavy atom. The van der Waals surface area contributed by atoms with Crippen molar-refractivity contribution in [1.29, 1.82) is 5.26 Å². The monoisotopic (exact) mass is 381 g/mol. The number of hydrogen-bond donors (Lipinski definition) is 0. The van der Waals surface area contributed by atoms with Gasteiger partial charge in [0, 0.05) is 30.9 Å². The number of aryl methyl sites for hydroxylation is 2. The van der Waals surface area contributed by atoms with Gasteiger partial charge in [-0.2, -0.15) is 5.26 Å². The van der Waals surface area contributed by atoms with Gasteiger partial charge in [-0.05, 0) is 32.8 Å². The number of carbonyl (C=O) groups is 1. The quantitative estimate of drug-likeness (QED) is 0.801. The van der Waals surface area contributed by atoms with E-state index in [2.05, 4.69) is 21.1 Å². The van der Waals surface area contributed by atoms with Gasteiger partial charge in [-0.25, -0.2) is 4.98 Å². The van der Waals surface area contributed by atoms with Crippen LogP contribution in [0.5, 0.6) is 5.88 Å². The summed E-state index contributed by atoms with van der Waals surface area (Å²) >= 11 is 0. The minimum absolute atomic E-state index is 0.0747. The van der Waals surface area contributed by atoms with Crippen molar-refractivity contribution < 1.29 is 14.1 Å². The zero-order chi connectivity index (χ0) is 19.8. The van der Waals surface area contributed by atoms with Crippen molar-refractivity contribution in [2.45, 2.75) is 39.3 Å². The molecule has 146 valence electrons. The van der Waals surface area contributed by atoms with Crippen molar-refractivity contribution >= 4 is 11.6 Å². The van der Waals surface area contributed by atoms with Gasteiger partial charge in [-0.15, -0.1) is 0 Å². The van der Waals surface area contributed by atoms with Crippen LogP contribution >= 0.6 is 0 Å². The molecule has 8 heteroatoms. The summed E-state index contributed by atoms with van der Waals surface area (Å²) in [5.74, 6) is 1.15. The van der Waals surface area contributed by atoms with Gasteiger partial charge >= 0.3 is 0 Å². The van der Waals surface area contributed by atoms with Crippen LogP contribution in [0, 0.1) is 31.1 Å². The second-order valence-corrected chi connectivity index (χ2v) is 7.43. The predicted molar refractivity (Wildman–Crippen MR) is 101 cm³/mol. The highest BCUT2D eigenvalue weighted by atomic mass is 16.5.